The Kier molecular flexibility index (Phi) is 6.00. The Balaban J connectivity index is 1.17. The average molecular weight is 464 g/mol. The molecular weight excluding hydrogens is 426 g/mol. The third-order valence-electron chi connectivity index (χ3n) is 8.57. The quantitative estimate of drug-likeness (QED) is 0.743. The Labute approximate surface area is 202 Å². The van der Waals surface area contributed by atoms with Crippen LogP contribution in [0, 0.1) is 11.3 Å². The molecule has 2 aromatic rings. The van der Waals surface area contributed by atoms with Crippen LogP contribution in [0.3, 0.4) is 0 Å². The number of nitrogens with zero attached hydrogens (tertiary/aromatic N) is 4. The van der Waals surface area contributed by atoms with E-state index in [1.807, 2.05) is 4.90 Å². The first-order valence-corrected chi connectivity index (χ1v) is 12.6. The van der Waals surface area contributed by atoms with Gasteiger partial charge in [0.25, 0.3) is 5.91 Å². The number of rotatable bonds is 3. The molecule has 34 heavy (non-hydrogen) atoms. The van der Waals surface area contributed by atoms with Gasteiger partial charge in [-0.25, -0.2) is 9.97 Å². The molecule has 1 aromatic carbocycles. The maximum absolute atomic E-state index is 12.8. The number of aromatic nitrogens is 2. The fourth-order valence-electron chi connectivity index (χ4n) is 5.76. The van der Waals surface area contributed by atoms with E-state index in [0.29, 0.717) is 17.0 Å². The molecule has 0 radical (unpaired) electrons. The SMILES string of the molecule is CC1Cc2cccc(CN3CCC4(CC3)CCN(C(=O)c3ccnc(N)n3)CC4)c2OC1(C)C. The topological polar surface area (TPSA) is 84.6 Å². The van der Waals surface area contributed by atoms with E-state index < -0.39 is 0 Å². The van der Waals surface area contributed by atoms with Crippen LogP contribution in [0.15, 0.2) is 30.5 Å². The van der Waals surface area contributed by atoms with Gasteiger partial charge in [0.05, 0.1) is 0 Å². The second-order valence-electron chi connectivity index (χ2n) is 11.1. The van der Waals surface area contributed by atoms with Gasteiger partial charge in [-0.3, -0.25) is 9.69 Å². The van der Waals surface area contributed by atoms with Crippen LogP contribution in [-0.2, 0) is 13.0 Å². The van der Waals surface area contributed by atoms with E-state index in [4.69, 9.17) is 10.5 Å². The molecule has 0 aliphatic carbocycles. The molecule has 3 aliphatic rings. The van der Waals surface area contributed by atoms with Crippen LogP contribution >= 0.6 is 0 Å². The summed E-state index contributed by atoms with van der Waals surface area (Å²) in [5.74, 6) is 1.74. The molecule has 5 rings (SSSR count). The van der Waals surface area contributed by atoms with Crippen LogP contribution in [0.2, 0.25) is 0 Å². The maximum Gasteiger partial charge on any atom is 0.272 e. The predicted molar refractivity (Wildman–Crippen MR) is 133 cm³/mol. The second-order valence-corrected chi connectivity index (χ2v) is 11.1. The average Bonchev–Trinajstić information content (AvgIpc) is 2.82. The van der Waals surface area contributed by atoms with E-state index in [2.05, 4.69) is 53.8 Å². The Morgan fingerprint density at radius 3 is 2.53 bits per heavy atom. The summed E-state index contributed by atoms with van der Waals surface area (Å²) in [6.45, 7) is 11.4. The number of nitrogens with two attached hydrogens (primary N) is 1. The summed E-state index contributed by atoms with van der Waals surface area (Å²) in [7, 11) is 0. The first kappa shape index (κ1) is 23.1. The summed E-state index contributed by atoms with van der Waals surface area (Å²) in [4.78, 5) is 25.3. The van der Waals surface area contributed by atoms with E-state index in [9.17, 15) is 4.79 Å². The molecule has 4 heterocycles. The van der Waals surface area contributed by atoms with Gasteiger partial charge in [-0.1, -0.05) is 25.1 Å². The molecule has 0 saturated carbocycles. The predicted octanol–water partition coefficient (Wildman–Crippen LogP) is 3.93. The Morgan fingerprint density at radius 2 is 1.82 bits per heavy atom. The molecule has 1 unspecified atom stereocenters. The highest BCUT2D eigenvalue weighted by atomic mass is 16.5. The summed E-state index contributed by atoms with van der Waals surface area (Å²) in [5, 5.41) is 0. The van der Waals surface area contributed by atoms with Crippen LogP contribution in [-0.4, -0.2) is 57.5 Å². The number of para-hydroxylation sites is 1. The number of carbonyl (C=O) groups excluding carboxylic acids is 1. The van der Waals surface area contributed by atoms with Crippen LogP contribution in [0.4, 0.5) is 5.95 Å². The lowest BCUT2D eigenvalue weighted by Crippen LogP contribution is -2.48. The summed E-state index contributed by atoms with van der Waals surface area (Å²) >= 11 is 0. The number of likely N-dealkylation sites (tertiary alicyclic amines) is 2. The third-order valence-corrected chi connectivity index (χ3v) is 8.57. The van der Waals surface area contributed by atoms with Gasteiger partial charge in [0.2, 0.25) is 5.95 Å². The number of carbonyl (C=O) groups is 1. The van der Waals surface area contributed by atoms with E-state index in [1.165, 1.54) is 24.0 Å². The highest BCUT2D eigenvalue weighted by Gasteiger charge is 2.39. The van der Waals surface area contributed by atoms with Crippen LogP contribution in [0.25, 0.3) is 0 Å². The monoisotopic (exact) mass is 463 g/mol. The van der Waals surface area contributed by atoms with E-state index in [1.54, 1.807) is 12.3 Å². The number of benzene rings is 1. The molecule has 0 bridgehead atoms. The summed E-state index contributed by atoms with van der Waals surface area (Å²) < 4.78 is 6.51. The summed E-state index contributed by atoms with van der Waals surface area (Å²) in [6, 6.07) is 8.29. The maximum atomic E-state index is 12.8. The lowest BCUT2D eigenvalue weighted by Gasteiger charge is -2.47. The van der Waals surface area contributed by atoms with Gasteiger partial charge in [-0.15, -0.1) is 0 Å². The number of fused-ring (bicyclic) bond motifs is 1. The highest BCUT2D eigenvalue weighted by molar-refractivity contribution is 5.92. The molecule has 1 spiro atoms. The van der Waals surface area contributed by atoms with E-state index >= 15 is 0 Å². The molecule has 2 saturated heterocycles. The molecule has 3 aliphatic heterocycles. The van der Waals surface area contributed by atoms with Crippen molar-refractivity contribution in [1.29, 1.82) is 0 Å². The minimum absolute atomic E-state index is 0.0347. The zero-order chi connectivity index (χ0) is 23.9. The first-order valence-electron chi connectivity index (χ1n) is 12.6. The Hall–Kier alpha value is -2.67. The third kappa shape index (κ3) is 4.50. The van der Waals surface area contributed by atoms with Gasteiger partial charge in [0.15, 0.2) is 0 Å². The fourth-order valence-corrected chi connectivity index (χ4v) is 5.76. The number of nitrogen functional groups attached to an aromatic ring is 1. The molecule has 1 atom stereocenters. The van der Waals surface area contributed by atoms with Crippen molar-refractivity contribution in [2.24, 2.45) is 11.3 Å². The van der Waals surface area contributed by atoms with Crippen LogP contribution < -0.4 is 10.5 Å². The van der Waals surface area contributed by atoms with Crippen molar-refractivity contribution in [1.82, 2.24) is 19.8 Å². The lowest BCUT2D eigenvalue weighted by molar-refractivity contribution is 0.0241. The summed E-state index contributed by atoms with van der Waals surface area (Å²) in [5.41, 5.74) is 8.94. The van der Waals surface area contributed by atoms with Gasteiger partial charge in [0.1, 0.15) is 17.0 Å². The smallest absolute Gasteiger partial charge is 0.272 e. The summed E-state index contributed by atoms with van der Waals surface area (Å²) in [6.07, 6.45) is 7.12. The lowest BCUT2D eigenvalue weighted by atomic mass is 9.71. The van der Waals surface area contributed by atoms with Gasteiger partial charge in [0, 0.05) is 31.4 Å². The minimum Gasteiger partial charge on any atom is -0.487 e. The van der Waals surface area contributed by atoms with E-state index in [0.717, 1.165) is 57.7 Å². The molecule has 7 nitrogen and oxygen atoms in total. The number of hydrogen-bond donors (Lipinski definition) is 1. The second kappa shape index (κ2) is 8.84. The molecule has 1 amide bonds. The zero-order valence-corrected chi connectivity index (χ0v) is 20.7. The van der Waals surface area contributed by atoms with Crippen molar-refractivity contribution in [2.45, 2.75) is 65.0 Å². The van der Waals surface area contributed by atoms with Crippen LogP contribution in [0.1, 0.15) is 68.1 Å². The van der Waals surface area contributed by atoms with Gasteiger partial charge >= 0.3 is 0 Å². The molecule has 2 N–H and O–H groups in total. The van der Waals surface area contributed by atoms with Crippen molar-refractivity contribution in [3.63, 3.8) is 0 Å². The number of piperidine rings is 2. The van der Waals surface area contributed by atoms with Gasteiger partial charge in [-0.05, 0) is 82.0 Å². The number of amides is 1. The van der Waals surface area contributed by atoms with Gasteiger partial charge in [-0.2, -0.15) is 0 Å². The van der Waals surface area contributed by atoms with E-state index in [-0.39, 0.29) is 17.5 Å². The van der Waals surface area contributed by atoms with Crippen molar-refractivity contribution >= 4 is 11.9 Å². The Bertz CT molecular complexity index is 1050. The number of ether oxygens (including phenoxy) is 1. The van der Waals surface area contributed by atoms with Crippen molar-refractivity contribution in [2.75, 3.05) is 31.9 Å². The zero-order valence-electron chi connectivity index (χ0n) is 20.7. The largest absolute Gasteiger partial charge is 0.487 e. The van der Waals surface area contributed by atoms with Crippen molar-refractivity contribution in [3.05, 3.63) is 47.3 Å². The normalized spacial score (nSPS) is 23.9. The number of anilines is 1. The van der Waals surface area contributed by atoms with Gasteiger partial charge < -0.3 is 15.4 Å². The standard InChI is InChI=1S/C27H37N5O2/c1-19-17-20-5-4-6-21(23(20)34-26(19,2)3)18-31-13-8-27(9-14-31)10-15-32(16-11-27)24(33)22-7-12-29-25(28)30-22/h4-7,12,19H,8-11,13-18H2,1-3H3,(H2,28,29,30). The molecule has 2 fully saturated rings. The van der Waals surface area contributed by atoms with Crippen molar-refractivity contribution in [3.8, 4) is 5.75 Å². The first-order chi connectivity index (χ1) is 16.2. The fraction of sp³-hybridized carbons (Fsp3) is 0.593. The molecule has 1 aromatic heterocycles. The van der Waals surface area contributed by atoms with Crippen LogP contribution in [0.5, 0.6) is 5.75 Å². The molecule has 182 valence electrons. The highest BCUT2D eigenvalue weighted by Crippen LogP contribution is 2.43. The molecular formula is C27H37N5O2. The van der Waals surface area contributed by atoms with Crippen molar-refractivity contribution < 1.29 is 9.53 Å². The number of hydrogen-bond acceptors (Lipinski definition) is 6. The molecule has 7 heteroatoms. The minimum atomic E-state index is -0.127. The Morgan fingerprint density at radius 1 is 1.12 bits per heavy atom.